The van der Waals surface area contributed by atoms with Crippen molar-refractivity contribution in [2.24, 2.45) is 0 Å². The van der Waals surface area contributed by atoms with Gasteiger partial charge in [-0.2, -0.15) is 0 Å². The Hall–Kier alpha value is -4.39. The summed E-state index contributed by atoms with van der Waals surface area (Å²) in [4.78, 5) is 50.0. The van der Waals surface area contributed by atoms with Gasteiger partial charge in [0.1, 0.15) is 0 Å². The first-order valence-electron chi connectivity index (χ1n) is 10.2. The summed E-state index contributed by atoms with van der Waals surface area (Å²) in [5.74, 6) is -0.993. The van der Waals surface area contributed by atoms with Crippen LogP contribution in [0.15, 0.2) is 72.9 Å². The third-order valence-corrected chi connectivity index (χ3v) is 5.39. The summed E-state index contributed by atoms with van der Waals surface area (Å²) in [5.41, 5.74) is 3.80. The molecule has 1 aliphatic heterocycles. The first-order valence-corrected chi connectivity index (χ1v) is 10.2. The largest absolute Gasteiger partial charge is 0.356 e. The van der Waals surface area contributed by atoms with E-state index in [1.54, 1.807) is 72.9 Å². The minimum Gasteiger partial charge on any atom is -0.356 e. The Labute approximate surface area is 183 Å². The topological polar surface area (TPSA) is 105 Å². The molecular weight excluding hydrogens is 404 g/mol. The summed E-state index contributed by atoms with van der Waals surface area (Å²) in [7, 11) is 0. The number of nitrogens with zero attached hydrogens (tertiary/aromatic N) is 2. The summed E-state index contributed by atoms with van der Waals surface area (Å²) >= 11 is 0. The number of fused-ring (bicyclic) bond motifs is 1. The lowest BCUT2D eigenvalue weighted by Gasteiger charge is -2.11. The molecule has 0 radical (unpaired) electrons. The van der Waals surface area contributed by atoms with Crippen LogP contribution in [-0.4, -0.2) is 39.0 Å². The van der Waals surface area contributed by atoms with Crippen molar-refractivity contribution in [2.75, 3.05) is 6.54 Å². The van der Waals surface area contributed by atoms with Crippen molar-refractivity contribution in [1.29, 1.82) is 0 Å². The Balaban J connectivity index is 1.53. The lowest BCUT2D eigenvalue weighted by Crippen LogP contribution is -2.31. The quantitative estimate of drug-likeness (QED) is 0.378. The SMILES string of the molecule is O=C(C(=O)c1ccccc1-c1nccc(-c2cc3c([nH]2)CCNC3=O)n1)c1ccccc1. The number of nitrogens with one attached hydrogen (secondary N) is 2. The van der Waals surface area contributed by atoms with Crippen LogP contribution in [0.1, 0.15) is 36.8 Å². The predicted octanol–water partition coefficient (Wildman–Crippen LogP) is 3.49. The van der Waals surface area contributed by atoms with Crippen molar-refractivity contribution in [3.8, 4) is 22.8 Å². The summed E-state index contributed by atoms with van der Waals surface area (Å²) < 4.78 is 0. The molecular formula is C25H18N4O3. The van der Waals surface area contributed by atoms with Gasteiger partial charge < -0.3 is 10.3 Å². The van der Waals surface area contributed by atoms with Gasteiger partial charge in [-0.1, -0.05) is 54.6 Å². The molecule has 4 aromatic rings. The fourth-order valence-corrected chi connectivity index (χ4v) is 3.79. The molecule has 5 rings (SSSR count). The molecule has 0 saturated heterocycles. The molecule has 0 saturated carbocycles. The van der Waals surface area contributed by atoms with Crippen molar-refractivity contribution < 1.29 is 14.4 Å². The minimum absolute atomic E-state index is 0.113. The molecule has 0 aliphatic carbocycles. The molecule has 0 atom stereocenters. The van der Waals surface area contributed by atoms with Crippen LogP contribution in [-0.2, 0) is 6.42 Å². The molecule has 2 N–H and O–H groups in total. The molecule has 0 fully saturated rings. The zero-order chi connectivity index (χ0) is 22.1. The number of hydrogen-bond donors (Lipinski definition) is 2. The fourth-order valence-electron chi connectivity index (χ4n) is 3.79. The molecule has 1 amide bonds. The van der Waals surface area contributed by atoms with E-state index in [2.05, 4.69) is 20.3 Å². The molecule has 7 nitrogen and oxygen atoms in total. The summed E-state index contributed by atoms with van der Waals surface area (Å²) in [6.45, 7) is 0.589. The van der Waals surface area contributed by atoms with Gasteiger partial charge in [0.05, 0.1) is 17.0 Å². The number of carbonyl (C=O) groups is 3. The van der Waals surface area contributed by atoms with E-state index >= 15 is 0 Å². The molecule has 2 aromatic heterocycles. The monoisotopic (exact) mass is 422 g/mol. The van der Waals surface area contributed by atoms with Gasteiger partial charge in [-0.05, 0) is 12.1 Å². The number of amides is 1. The van der Waals surface area contributed by atoms with Crippen LogP contribution in [0.3, 0.4) is 0 Å². The average Bonchev–Trinajstić information content (AvgIpc) is 3.30. The number of hydrogen-bond acceptors (Lipinski definition) is 5. The highest BCUT2D eigenvalue weighted by atomic mass is 16.2. The lowest BCUT2D eigenvalue weighted by molar-refractivity contribution is 0.0817. The van der Waals surface area contributed by atoms with Gasteiger partial charge in [-0.3, -0.25) is 14.4 Å². The van der Waals surface area contributed by atoms with E-state index in [1.165, 1.54) is 0 Å². The number of carbonyl (C=O) groups excluding carboxylic acids is 3. The van der Waals surface area contributed by atoms with Crippen molar-refractivity contribution in [2.45, 2.75) is 6.42 Å². The molecule has 0 bridgehead atoms. The molecule has 2 aromatic carbocycles. The zero-order valence-corrected chi connectivity index (χ0v) is 17.0. The van der Waals surface area contributed by atoms with Gasteiger partial charge >= 0.3 is 0 Å². The number of H-pyrrole nitrogens is 1. The number of ketones is 2. The van der Waals surface area contributed by atoms with Gasteiger partial charge in [0, 0.05) is 41.5 Å². The molecule has 3 heterocycles. The van der Waals surface area contributed by atoms with Crippen LogP contribution in [0, 0.1) is 0 Å². The number of rotatable bonds is 5. The van der Waals surface area contributed by atoms with Crippen molar-refractivity contribution >= 4 is 17.5 Å². The van der Waals surface area contributed by atoms with E-state index in [9.17, 15) is 14.4 Å². The highest BCUT2D eigenvalue weighted by Crippen LogP contribution is 2.26. The molecule has 0 unspecified atom stereocenters. The first-order chi connectivity index (χ1) is 15.6. The van der Waals surface area contributed by atoms with E-state index in [0.29, 0.717) is 40.4 Å². The molecule has 156 valence electrons. The van der Waals surface area contributed by atoms with Crippen molar-refractivity contribution in [3.63, 3.8) is 0 Å². The Morgan fingerprint density at radius 1 is 0.875 bits per heavy atom. The predicted molar refractivity (Wildman–Crippen MR) is 118 cm³/mol. The van der Waals surface area contributed by atoms with Crippen LogP contribution in [0.4, 0.5) is 0 Å². The second-order valence-electron chi connectivity index (χ2n) is 7.42. The number of aromatic nitrogens is 3. The number of benzene rings is 2. The summed E-state index contributed by atoms with van der Waals surface area (Å²) in [6.07, 6.45) is 2.32. The zero-order valence-electron chi connectivity index (χ0n) is 17.0. The van der Waals surface area contributed by atoms with Crippen molar-refractivity contribution in [1.82, 2.24) is 20.3 Å². The summed E-state index contributed by atoms with van der Waals surface area (Å²) in [5, 5.41) is 2.82. The third-order valence-electron chi connectivity index (χ3n) is 5.39. The second-order valence-corrected chi connectivity index (χ2v) is 7.42. The fraction of sp³-hybridized carbons (Fsp3) is 0.0800. The van der Waals surface area contributed by atoms with E-state index in [0.717, 1.165) is 12.1 Å². The highest BCUT2D eigenvalue weighted by molar-refractivity contribution is 6.50. The Morgan fingerprint density at radius 3 is 2.47 bits per heavy atom. The molecule has 1 aliphatic rings. The number of aromatic amines is 1. The average molecular weight is 422 g/mol. The standard InChI is InChI=1S/C25H18N4O3/c30-22(15-6-2-1-3-7-15)23(31)16-8-4-5-9-17(16)24-26-12-11-20(29-24)21-14-18-19(28-21)10-13-27-25(18)32/h1-9,11-12,14,28H,10,13H2,(H,27,32). The second kappa shape index (κ2) is 8.03. The summed E-state index contributed by atoms with van der Waals surface area (Å²) in [6, 6.07) is 18.8. The van der Waals surface area contributed by atoms with E-state index in [-0.39, 0.29) is 11.5 Å². The van der Waals surface area contributed by atoms with Crippen LogP contribution >= 0.6 is 0 Å². The maximum Gasteiger partial charge on any atom is 0.253 e. The lowest BCUT2D eigenvalue weighted by atomic mass is 9.97. The molecule has 7 heteroatoms. The molecule has 32 heavy (non-hydrogen) atoms. The normalized spacial score (nSPS) is 12.7. The Kier molecular flexibility index (Phi) is 4.91. The first kappa shape index (κ1) is 19.6. The van der Waals surface area contributed by atoms with E-state index < -0.39 is 11.6 Å². The highest BCUT2D eigenvalue weighted by Gasteiger charge is 2.23. The van der Waals surface area contributed by atoms with Gasteiger partial charge in [0.2, 0.25) is 11.6 Å². The van der Waals surface area contributed by atoms with E-state index in [4.69, 9.17) is 0 Å². The Bertz CT molecular complexity index is 1360. The Morgan fingerprint density at radius 2 is 1.66 bits per heavy atom. The van der Waals surface area contributed by atoms with Crippen LogP contribution in [0.2, 0.25) is 0 Å². The maximum absolute atomic E-state index is 13.0. The van der Waals surface area contributed by atoms with Crippen molar-refractivity contribution in [3.05, 3.63) is 95.3 Å². The minimum atomic E-state index is -0.618. The number of Topliss-reactive ketones (excluding diaryl/α,β-unsaturated/α-hetero) is 2. The van der Waals surface area contributed by atoms with Gasteiger partial charge in [0.25, 0.3) is 5.91 Å². The third kappa shape index (κ3) is 3.50. The van der Waals surface area contributed by atoms with Crippen LogP contribution in [0.25, 0.3) is 22.8 Å². The van der Waals surface area contributed by atoms with Gasteiger partial charge in [0.15, 0.2) is 5.82 Å². The molecule has 0 spiro atoms. The van der Waals surface area contributed by atoms with Crippen LogP contribution in [0.5, 0.6) is 0 Å². The maximum atomic E-state index is 13.0. The van der Waals surface area contributed by atoms with Gasteiger partial charge in [-0.25, -0.2) is 9.97 Å². The van der Waals surface area contributed by atoms with Crippen LogP contribution < -0.4 is 5.32 Å². The smallest absolute Gasteiger partial charge is 0.253 e. The van der Waals surface area contributed by atoms with Gasteiger partial charge in [-0.15, -0.1) is 0 Å². The van der Waals surface area contributed by atoms with E-state index in [1.807, 2.05) is 0 Å².